The molecule has 16 rings (SSSR count). The monoisotopic (exact) mass is 1020 g/mol. The molecule has 2 nitrogen and oxygen atoms in total. The quantitative estimate of drug-likeness (QED) is 0.151. The summed E-state index contributed by atoms with van der Waals surface area (Å²) in [4.78, 5) is 0. The van der Waals surface area contributed by atoms with E-state index in [1.807, 2.05) is 0 Å². The molecule has 80 heavy (non-hydrogen) atoms. The summed E-state index contributed by atoms with van der Waals surface area (Å²) in [6.45, 7) is 9.63. The van der Waals surface area contributed by atoms with Gasteiger partial charge in [-0.3, -0.25) is 0 Å². The Bertz CT molecular complexity index is 4380. The van der Waals surface area contributed by atoms with Crippen molar-refractivity contribution in [3.8, 4) is 78.1 Å². The predicted molar refractivity (Wildman–Crippen MR) is 336 cm³/mol. The zero-order chi connectivity index (χ0) is 53.4. The number of hydrogen-bond acceptors (Lipinski definition) is 0. The molecule has 4 aliphatic rings. The zero-order valence-electron chi connectivity index (χ0n) is 45.7. The van der Waals surface area contributed by atoms with Gasteiger partial charge < -0.3 is 9.13 Å². The summed E-state index contributed by atoms with van der Waals surface area (Å²) in [7, 11) is 0. The average Bonchev–Trinajstić information content (AvgIpc) is 4.33. The number of hydrogen-bond donors (Lipinski definition) is 0. The van der Waals surface area contributed by atoms with Crippen molar-refractivity contribution < 1.29 is 0 Å². The minimum absolute atomic E-state index is 0.138. The minimum atomic E-state index is -0.138. The standard InChI is InChI=1S/C78H60N2/c1-77(2)69-31-19-17-29-61(69)63-45-67-65-43-53(33-35-73(65)79(75(67)47-71(63)77)59-39-55(49-21-9-5-10-22-49)37-56(40-59)50-23-11-6-12-24-50)54-34-36-74-66(44-54)68-46-64-62-30-18-20-32-70(62)78(3,4)72(64)48-76(68)80(74)60-41-57(51-25-13-7-14-26-51)38-58(42-60)52-27-15-8-16-28-52/h5-32,35-48,53-54H,33-34H2,1-4H3. The maximum Gasteiger partial charge on any atom is 0.0544 e. The normalized spacial score (nSPS) is 16.8. The molecule has 0 radical (unpaired) electrons. The van der Waals surface area contributed by atoms with E-state index in [1.54, 1.807) is 0 Å². The van der Waals surface area contributed by atoms with Crippen molar-refractivity contribution in [1.82, 2.24) is 9.13 Å². The van der Waals surface area contributed by atoms with E-state index in [9.17, 15) is 0 Å². The molecule has 12 aromatic rings. The van der Waals surface area contributed by atoms with Gasteiger partial charge in [-0.2, -0.15) is 0 Å². The Morgan fingerprint density at radius 2 is 0.637 bits per heavy atom. The Labute approximate surface area is 467 Å². The first-order valence-corrected chi connectivity index (χ1v) is 28.7. The molecule has 382 valence electrons. The van der Waals surface area contributed by atoms with E-state index in [2.05, 4.69) is 292 Å². The van der Waals surface area contributed by atoms with Gasteiger partial charge in [0.1, 0.15) is 0 Å². The third-order valence-corrected chi connectivity index (χ3v) is 18.8. The van der Waals surface area contributed by atoms with Crippen LogP contribution in [0.5, 0.6) is 0 Å². The van der Waals surface area contributed by atoms with Crippen molar-refractivity contribution >= 4 is 46.1 Å². The second-order valence-corrected chi connectivity index (χ2v) is 24.0. The van der Waals surface area contributed by atoms with Crippen LogP contribution in [0.1, 0.15) is 62.8 Å². The van der Waals surface area contributed by atoms with Crippen molar-refractivity contribution in [2.45, 2.75) is 51.4 Å². The Morgan fingerprint density at radius 1 is 0.312 bits per heavy atom. The predicted octanol–water partition coefficient (Wildman–Crippen LogP) is 16.7. The van der Waals surface area contributed by atoms with Crippen LogP contribution >= 0.6 is 0 Å². The molecular formula is C78H60N2. The van der Waals surface area contributed by atoms with E-state index in [-0.39, 0.29) is 22.7 Å². The van der Waals surface area contributed by atoms with Crippen molar-refractivity contribution in [1.29, 1.82) is 0 Å². The van der Waals surface area contributed by atoms with Crippen LogP contribution < -0.4 is 21.1 Å². The second kappa shape index (κ2) is 17.6. The summed E-state index contributed by atoms with van der Waals surface area (Å²) in [5.74, 6) is 0.578. The molecule has 10 aromatic carbocycles. The maximum atomic E-state index is 2.68. The third-order valence-electron chi connectivity index (χ3n) is 18.8. The zero-order valence-corrected chi connectivity index (χ0v) is 45.7. The van der Waals surface area contributed by atoms with Crippen LogP contribution in [0.15, 0.2) is 231 Å². The molecule has 0 saturated heterocycles. The fourth-order valence-electron chi connectivity index (χ4n) is 14.7. The largest absolute Gasteiger partial charge is 0.310 e. The summed E-state index contributed by atoms with van der Waals surface area (Å²) in [5, 5.41) is 7.91. The number of fused-ring (bicyclic) bond motifs is 12. The summed E-state index contributed by atoms with van der Waals surface area (Å²) in [6, 6.07) is 86.4. The number of aromatic nitrogens is 2. The SMILES string of the molecule is CC1(C)c2ccccc2-c2cc3c4c(n(-c5cc(-c6ccccc6)cc(-c6ccccc6)c5)c3cc21)=CCC(C1C=c2c(n(-c3cc(-c5ccccc5)cc(-c5ccccc5)c3)c3cc5c(cc23)-c2ccccc2C5(C)C)=CC1)C=4. The van der Waals surface area contributed by atoms with E-state index in [0.717, 1.165) is 12.8 Å². The third kappa shape index (κ3) is 7.11. The van der Waals surface area contributed by atoms with Crippen molar-refractivity contribution in [2.75, 3.05) is 0 Å². The van der Waals surface area contributed by atoms with E-state index >= 15 is 0 Å². The van der Waals surface area contributed by atoms with Crippen LogP contribution in [0, 0.1) is 11.8 Å². The molecule has 2 unspecified atom stereocenters. The molecule has 2 heteroatoms. The summed E-state index contributed by atoms with van der Waals surface area (Å²) in [5.41, 5.74) is 25.4. The lowest BCUT2D eigenvalue weighted by Gasteiger charge is -2.23. The molecule has 0 amide bonds. The van der Waals surface area contributed by atoms with Gasteiger partial charge in [-0.15, -0.1) is 0 Å². The van der Waals surface area contributed by atoms with Gasteiger partial charge >= 0.3 is 0 Å². The fraction of sp³-hybridized carbons (Fsp3) is 0.128. The minimum Gasteiger partial charge on any atom is -0.310 e. The number of rotatable bonds is 7. The summed E-state index contributed by atoms with van der Waals surface area (Å²) in [6.07, 6.45) is 12.4. The Balaban J connectivity index is 0.922. The highest BCUT2D eigenvalue weighted by molar-refractivity contribution is 5.97. The molecule has 2 atom stereocenters. The van der Waals surface area contributed by atoms with Crippen LogP contribution in [-0.2, 0) is 10.8 Å². The molecule has 0 aliphatic heterocycles. The Morgan fingerprint density at radius 3 is 0.988 bits per heavy atom. The van der Waals surface area contributed by atoms with Gasteiger partial charge in [0.2, 0.25) is 0 Å². The lowest BCUT2D eigenvalue weighted by atomic mass is 9.81. The van der Waals surface area contributed by atoms with Crippen LogP contribution in [-0.4, -0.2) is 9.13 Å². The van der Waals surface area contributed by atoms with E-state index in [0.29, 0.717) is 0 Å². The number of nitrogens with zero attached hydrogens (tertiary/aromatic N) is 2. The highest BCUT2D eigenvalue weighted by Gasteiger charge is 2.38. The van der Waals surface area contributed by atoms with Gasteiger partial charge in [-0.1, -0.05) is 222 Å². The summed E-state index contributed by atoms with van der Waals surface area (Å²) < 4.78 is 5.20. The van der Waals surface area contributed by atoms with E-state index in [1.165, 1.54) is 143 Å². The van der Waals surface area contributed by atoms with Gasteiger partial charge in [-0.25, -0.2) is 0 Å². The molecule has 0 N–H and O–H groups in total. The molecule has 0 spiro atoms. The topological polar surface area (TPSA) is 9.86 Å². The lowest BCUT2D eigenvalue weighted by Crippen LogP contribution is -2.36. The van der Waals surface area contributed by atoms with Crippen LogP contribution in [0.25, 0.3) is 124 Å². The molecule has 0 bridgehead atoms. The molecule has 2 heterocycles. The first-order chi connectivity index (χ1) is 39.2. The van der Waals surface area contributed by atoms with Gasteiger partial charge in [-0.05, 0) is 174 Å². The highest BCUT2D eigenvalue weighted by Crippen LogP contribution is 2.51. The fourth-order valence-corrected chi connectivity index (χ4v) is 14.7. The van der Waals surface area contributed by atoms with Gasteiger partial charge in [0, 0.05) is 54.1 Å². The molecule has 0 fully saturated rings. The molecule has 2 aromatic heterocycles. The Kier molecular flexibility index (Phi) is 10.3. The molecule has 0 saturated carbocycles. The van der Waals surface area contributed by atoms with Gasteiger partial charge in [0.25, 0.3) is 0 Å². The Hall–Kier alpha value is -9.24. The van der Waals surface area contributed by atoms with E-state index < -0.39 is 0 Å². The van der Waals surface area contributed by atoms with Crippen LogP contribution in [0.2, 0.25) is 0 Å². The first-order valence-electron chi connectivity index (χ1n) is 28.7. The lowest BCUT2D eigenvalue weighted by molar-refractivity contribution is 0.543. The van der Waals surface area contributed by atoms with Crippen molar-refractivity contribution in [3.05, 3.63) is 274 Å². The second-order valence-electron chi connectivity index (χ2n) is 24.0. The van der Waals surface area contributed by atoms with Crippen molar-refractivity contribution in [2.24, 2.45) is 11.8 Å². The highest BCUT2D eigenvalue weighted by atomic mass is 15.0. The van der Waals surface area contributed by atoms with Gasteiger partial charge in [0.05, 0.1) is 11.0 Å². The number of benzene rings is 10. The first kappa shape index (κ1) is 46.8. The summed E-state index contributed by atoms with van der Waals surface area (Å²) >= 11 is 0. The van der Waals surface area contributed by atoms with Crippen molar-refractivity contribution in [3.63, 3.8) is 0 Å². The average molecular weight is 1030 g/mol. The smallest absolute Gasteiger partial charge is 0.0544 e. The molecular weight excluding hydrogens is 965 g/mol. The van der Waals surface area contributed by atoms with E-state index in [4.69, 9.17) is 0 Å². The molecule has 4 aliphatic carbocycles. The van der Waals surface area contributed by atoms with Crippen LogP contribution in [0.3, 0.4) is 0 Å². The van der Waals surface area contributed by atoms with Gasteiger partial charge in [0.15, 0.2) is 0 Å². The maximum absolute atomic E-state index is 2.68. The van der Waals surface area contributed by atoms with Crippen LogP contribution in [0.4, 0.5) is 0 Å².